The highest BCUT2D eigenvalue weighted by molar-refractivity contribution is 5.78. The Hall–Kier alpha value is -2.08. The minimum Gasteiger partial charge on any atom is -0.341 e. The second-order valence-corrected chi connectivity index (χ2v) is 6.58. The lowest BCUT2D eigenvalue weighted by atomic mass is 10.0. The predicted octanol–water partition coefficient (Wildman–Crippen LogP) is 1.25. The molecule has 6 nitrogen and oxygen atoms in total. The van der Waals surface area contributed by atoms with E-state index in [4.69, 9.17) is 0 Å². The van der Waals surface area contributed by atoms with Crippen LogP contribution < -0.4 is 11.0 Å². The summed E-state index contributed by atoms with van der Waals surface area (Å²) in [6, 6.07) is 8.51. The molecule has 2 heterocycles. The van der Waals surface area contributed by atoms with Gasteiger partial charge >= 0.3 is 5.69 Å². The first-order valence-electron chi connectivity index (χ1n) is 8.43. The number of benzene rings is 1. The second kappa shape index (κ2) is 5.85. The lowest BCUT2D eigenvalue weighted by molar-refractivity contribution is -0.131. The summed E-state index contributed by atoms with van der Waals surface area (Å²) in [5, 5.41) is 3.27. The Labute approximate surface area is 134 Å². The maximum Gasteiger partial charge on any atom is 0.326 e. The van der Waals surface area contributed by atoms with E-state index in [-0.39, 0.29) is 17.6 Å². The zero-order chi connectivity index (χ0) is 15.8. The van der Waals surface area contributed by atoms with Crippen molar-refractivity contribution in [2.24, 2.45) is 0 Å². The minimum absolute atomic E-state index is 0.0497. The van der Waals surface area contributed by atoms with Crippen LogP contribution in [0, 0.1) is 0 Å². The fourth-order valence-electron chi connectivity index (χ4n) is 3.44. The molecule has 6 heteroatoms. The summed E-state index contributed by atoms with van der Waals surface area (Å²) in [6.45, 7) is 1.89. The van der Waals surface area contributed by atoms with E-state index < -0.39 is 0 Å². The van der Waals surface area contributed by atoms with Crippen molar-refractivity contribution < 1.29 is 4.79 Å². The van der Waals surface area contributed by atoms with E-state index in [1.807, 2.05) is 33.7 Å². The zero-order valence-electron chi connectivity index (χ0n) is 13.1. The van der Waals surface area contributed by atoms with E-state index in [2.05, 4.69) is 10.3 Å². The number of para-hydroxylation sites is 2. The van der Waals surface area contributed by atoms with Crippen LogP contribution in [0.5, 0.6) is 0 Å². The normalized spacial score (nSPS) is 19.4. The fourth-order valence-corrected chi connectivity index (χ4v) is 3.44. The molecule has 0 bridgehead atoms. The van der Waals surface area contributed by atoms with Gasteiger partial charge in [-0.15, -0.1) is 0 Å². The average Bonchev–Trinajstić information content (AvgIpc) is 3.34. The molecule has 1 amide bonds. The Morgan fingerprint density at radius 3 is 2.65 bits per heavy atom. The molecule has 2 N–H and O–H groups in total. The molecule has 0 spiro atoms. The van der Waals surface area contributed by atoms with Crippen molar-refractivity contribution in [2.75, 3.05) is 19.6 Å². The second-order valence-electron chi connectivity index (χ2n) is 6.58. The highest BCUT2D eigenvalue weighted by atomic mass is 16.2. The van der Waals surface area contributed by atoms with Crippen LogP contribution in [0.3, 0.4) is 0 Å². The third-order valence-corrected chi connectivity index (χ3v) is 4.93. The molecule has 0 unspecified atom stereocenters. The number of hydrogen-bond acceptors (Lipinski definition) is 3. The van der Waals surface area contributed by atoms with Crippen molar-refractivity contribution in [3.8, 4) is 0 Å². The van der Waals surface area contributed by atoms with Gasteiger partial charge in [0.1, 0.15) is 0 Å². The minimum atomic E-state index is -0.0497. The third-order valence-electron chi connectivity index (χ3n) is 4.93. The number of aromatic nitrogens is 2. The van der Waals surface area contributed by atoms with Gasteiger partial charge in [-0.2, -0.15) is 0 Å². The Bertz CT molecular complexity index is 766. The number of likely N-dealkylation sites (tertiary alicyclic amines) is 1. The van der Waals surface area contributed by atoms with E-state index in [1.54, 1.807) is 0 Å². The number of fused-ring (bicyclic) bond motifs is 1. The first-order chi connectivity index (χ1) is 11.2. The highest BCUT2D eigenvalue weighted by Crippen LogP contribution is 2.25. The molecular formula is C17H22N4O2. The van der Waals surface area contributed by atoms with Gasteiger partial charge in [0, 0.05) is 25.2 Å². The topological polar surface area (TPSA) is 70.1 Å². The number of rotatable bonds is 4. The van der Waals surface area contributed by atoms with Crippen LogP contribution in [0.2, 0.25) is 0 Å². The van der Waals surface area contributed by atoms with Crippen LogP contribution in [-0.2, 0) is 4.79 Å². The maximum absolute atomic E-state index is 12.3. The predicted molar refractivity (Wildman–Crippen MR) is 88.4 cm³/mol. The number of carbonyl (C=O) groups excluding carboxylic acids is 1. The van der Waals surface area contributed by atoms with E-state index in [0.29, 0.717) is 12.6 Å². The van der Waals surface area contributed by atoms with Crippen molar-refractivity contribution in [1.29, 1.82) is 0 Å². The van der Waals surface area contributed by atoms with Gasteiger partial charge in [0.15, 0.2) is 0 Å². The molecule has 23 heavy (non-hydrogen) atoms. The summed E-state index contributed by atoms with van der Waals surface area (Å²) in [4.78, 5) is 29.3. The summed E-state index contributed by atoms with van der Waals surface area (Å²) in [5.41, 5.74) is 1.79. The van der Waals surface area contributed by atoms with E-state index in [9.17, 15) is 9.59 Å². The molecule has 2 aliphatic rings. The number of piperidine rings is 1. The molecule has 1 aromatic heterocycles. The molecule has 0 atom stereocenters. The molecule has 1 saturated heterocycles. The Morgan fingerprint density at radius 1 is 1.17 bits per heavy atom. The van der Waals surface area contributed by atoms with Crippen molar-refractivity contribution in [3.63, 3.8) is 0 Å². The fraction of sp³-hybridized carbons (Fsp3) is 0.529. The molecule has 2 fully saturated rings. The van der Waals surface area contributed by atoms with E-state index in [1.165, 1.54) is 12.8 Å². The molecule has 1 aliphatic heterocycles. The maximum atomic E-state index is 12.3. The number of nitrogens with zero attached hydrogens (tertiary/aromatic N) is 2. The SMILES string of the molecule is O=C(CNC1CC1)N1CCC(n2c(=O)[nH]c3ccccc32)CC1. The Kier molecular flexibility index (Phi) is 3.69. The average molecular weight is 314 g/mol. The first kappa shape index (κ1) is 14.5. The lowest BCUT2D eigenvalue weighted by Crippen LogP contribution is -2.44. The summed E-state index contributed by atoms with van der Waals surface area (Å²) in [7, 11) is 0. The number of aromatic amines is 1. The number of H-pyrrole nitrogens is 1. The molecule has 1 aliphatic carbocycles. The summed E-state index contributed by atoms with van der Waals surface area (Å²) >= 11 is 0. The standard InChI is InChI=1S/C17H22N4O2/c22-16(11-18-12-5-6-12)20-9-7-13(8-10-20)21-15-4-2-1-3-14(15)19-17(21)23/h1-4,12-13,18H,5-11H2,(H,19,23). The molecule has 1 saturated carbocycles. The smallest absolute Gasteiger partial charge is 0.326 e. The summed E-state index contributed by atoms with van der Waals surface area (Å²) < 4.78 is 1.86. The van der Waals surface area contributed by atoms with E-state index >= 15 is 0 Å². The van der Waals surface area contributed by atoms with Crippen LogP contribution in [0.25, 0.3) is 11.0 Å². The zero-order valence-corrected chi connectivity index (χ0v) is 13.1. The van der Waals surface area contributed by atoms with Crippen LogP contribution in [0.15, 0.2) is 29.1 Å². The number of carbonyl (C=O) groups is 1. The van der Waals surface area contributed by atoms with Crippen molar-refractivity contribution in [1.82, 2.24) is 19.8 Å². The summed E-state index contributed by atoms with van der Waals surface area (Å²) in [5.74, 6) is 0.182. The van der Waals surface area contributed by atoms with Crippen LogP contribution in [0.1, 0.15) is 31.7 Å². The molecule has 1 aromatic carbocycles. The molecule has 4 rings (SSSR count). The number of amides is 1. The summed E-state index contributed by atoms with van der Waals surface area (Å²) in [6.07, 6.45) is 4.05. The van der Waals surface area contributed by atoms with Gasteiger partial charge in [0.25, 0.3) is 0 Å². The largest absolute Gasteiger partial charge is 0.341 e. The van der Waals surface area contributed by atoms with Crippen molar-refractivity contribution in [3.05, 3.63) is 34.7 Å². The van der Waals surface area contributed by atoms with Crippen LogP contribution >= 0.6 is 0 Å². The number of nitrogens with one attached hydrogen (secondary N) is 2. The van der Waals surface area contributed by atoms with E-state index in [0.717, 1.165) is 37.0 Å². The Morgan fingerprint density at radius 2 is 1.91 bits per heavy atom. The highest BCUT2D eigenvalue weighted by Gasteiger charge is 2.27. The molecular weight excluding hydrogens is 292 g/mol. The Balaban J connectivity index is 1.43. The van der Waals surface area contributed by atoms with Gasteiger partial charge < -0.3 is 15.2 Å². The van der Waals surface area contributed by atoms with Gasteiger partial charge in [-0.1, -0.05) is 12.1 Å². The molecule has 122 valence electrons. The lowest BCUT2D eigenvalue weighted by Gasteiger charge is -2.32. The molecule has 2 aromatic rings. The van der Waals surface area contributed by atoms with Gasteiger partial charge in [-0.25, -0.2) is 4.79 Å². The quantitative estimate of drug-likeness (QED) is 0.892. The van der Waals surface area contributed by atoms with Gasteiger partial charge in [-0.05, 0) is 37.8 Å². The number of imidazole rings is 1. The van der Waals surface area contributed by atoms with Crippen molar-refractivity contribution in [2.45, 2.75) is 37.8 Å². The van der Waals surface area contributed by atoms with Gasteiger partial charge in [-0.3, -0.25) is 9.36 Å². The van der Waals surface area contributed by atoms with Crippen molar-refractivity contribution >= 4 is 16.9 Å². The van der Waals surface area contributed by atoms with Gasteiger partial charge in [0.05, 0.1) is 17.6 Å². The van der Waals surface area contributed by atoms with Crippen LogP contribution in [-0.4, -0.2) is 46.0 Å². The van der Waals surface area contributed by atoms with Crippen LogP contribution in [0.4, 0.5) is 0 Å². The van der Waals surface area contributed by atoms with Gasteiger partial charge in [0.2, 0.25) is 5.91 Å². The third kappa shape index (κ3) is 2.91. The monoisotopic (exact) mass is 314 g/mol. The molecule has 0 radical (unpaired) electrons. The number of hydrogen-bond donors (Lipinski definition) is 2. The first-order valence-corrected chi connectivity index (χ1v) is 8.43.